The average molecular weight is 379 g/mol. The number of carbonyl (C=O) groups is 1. The van der Waals surface area contributed by atoms with Crippen LogP contribution in [0, 0.1) is 5.41 Å². The fourth-order valence-corrected chi connectivity index (χ4v) is 2.42. The number of esters is 1. The maximum atomic E-state index is 12.0. The van der Waals surface area contributed by atoms with Crippen molar-refractivity contribution in [2.75, 3.05) is 19.0 Å². The third-order valence-electron chi connectivity index (χ3n) is 4.17. The van der Waals surface area contributed by atoms with Gasteiger partial charge in [0.05, 0.1) is 12.0 Å². The van der Waals surface area contributed by atoms with Crippen LogP contribution in [0.2, 0.25) is 0 Å². The molecule has 0 bridgehead atoms. The smallest absolute Gasteiger partial charge is 0.316 e. The van der Waals surface area contributed by atoms with Gasteiger partial charge in [-0.15, -0.1) is 10.2 Å². The number of anilines is 1. The standard InChI is InChI=1S/C21H25N5O2/c1-21(2,3)20(27)28-18-12-8-16(9-13-18)19-22-24-26(23-19)14-15-6-10-17(11-7-15)25(4)5/h6-13H,14H2,1-5H3. The van der Waals surface area contributed by atoms with Crippen LogP contribution in [0.25, 0.3) is 11.4 Å². The van der Waals surface area contributed by atoms with Crippen LogP contribution >= 0.6 is 0 Å². The topological polar surface area (TPSA) is 73.1 Å². The highest BCUT2D eigenvalue weighted by Gasteiger charge is 2.23. The lowest BCUT2D eigenvalue weighted by Crippen LogP contribution is -2.25. The van der Waals surface area contributed by atoms with Crippen molar-refractivity contribution >= 4 is 11.7 Å². The van der Waals surface area contributed by atoms with E-state index in [2.05, 4.69) is 44.6 Å². The van der Waals surface area contributed by atoms with E-state index >= 15 is 0 Å². The highest BCUT2D eigenvalue weighted by molar-refractivity contribution is 5.78. The molecule has 3 rings (SSSR count). The van der Waals surface area contributed by atoms with Gasteiger partial charge in [0.15, 0.2) is 0 Å². The summed E-state index contributed by atoms with van der Waals surface area (Å²) in [6.45, 7) is 6.00. The van der Waals surface area contributed by atoms with E-state index < -0.39 is 5.41 Å². The Morgan fingerprint density at radius 1 is 1.04 bits per heavy atom. The number of tetrazole rings is 1. The van der Waals surface area contributed by atoms with E-state index in [1.54, 1.807) is 16.9 Å². The summed E-state index contributed by atoms with van der Waals surface area (Å²) in [5.74, 6) is 0.750. The third-order valence-corrected chi connectivity index (χ3v) is 4.17. The Morgan fingerprint density at radius 3 is 2.25 bits per heavy atom. The van der Waals surface area contributed by atoms with Crippen molar-refractivity contribution in [2.24, 2.45) is 5.41 Å². The predicted molar refractivity (Wildman–Crippen MR) is 108 cm³/mol. The fraction of sp³-hybridized carbons (Fsp3) is 0.333. The number of hydrogen-bond acceptors (Lipinski definition) is 6. The molecule has 2 aromatic carbocycles. The van der Waals surface area contributed by atoms with Crippen molar-refractivity contribution in [1.29, 1.82) is 0 Å². The van der Waals surface area contributed by atoms with E-state index in [0.717, 1.165) is 16.8 Å². The van der Waals surface area contributed by atoms with Gasteiger partial charge in [0.1, 0.15) is 5.75 Å². The molecule has 1 heterocycles. The van der Waals surface area contributed by atoms with Crippen molar-refractivity contribution < 1.29 is 9.53 Å². The Bertz CT molecular complexity index is 938. The number of benzene rings is 2. The molecule has 0 radical (unpaired) electrons. The van der Waals surface area contributed by atoms with Crippen LogP contribution < -0.4 is 9.64 Å². The van der Waals surface area contributed by atoms with Crippen molar-refractivity contribution in [3.63, 3.8) is 0 Å². The number of aromatic nitrogens is 4. The van der Waals surface area contributed by atoms with Gasteiger partial charge in [0, 0.05) is 25.3 Å². The zero-order chi connectivity index (χ0) is 20.3. The lowest BCUT2D eigenvalue weighted by atomic mass is 9.97. The molecule has 0 saturated heterocycles. The number of carbonyl (C=O) groups excluding carboxylic acids is 1. The van der Waals surface area contributed by atoms with Gasteiger partial charge in [-0.25, -0.2) is 0 Å². The Hall–Kier alpha value is -3.22. The molecule has 0 fully saturated rings. The molecule has 7 heteroatoms. The molecule has 0 unspecified atom stereocenters. The minimum Gasteiger partial charge on any atom is -0.426 e. The molecule has 7 nitrogen and oxygen atoms in total. The van der Waals surface area contributed by atoms with Gasteiger partial charge in [-0.3, -0.25) is 4.79 Å². The summed E-state index contributed by atoms with van der Waals surface area (Å²) in [4.78, 5) is 15.6. The van der Waals surface area contributed by atoms with Crippen LogP contribution in [0.1, 0.15) is 26.3 Å². The molecule has 146 valence electrons. The lowest BCUT2D eigenvalue weighted by molar-refractivity contribution is -0.142. The van der Waals surface area contributed by atoms with Crippen LogP contribution in [0.5, 0.6) is 5.75 Å². The minimum absolute atomic E-state index is 0.274. The molecule has 0 aliphatic heterocycles. The van der Waals surface area contributed by atoms with Gasteiger partial charge >= 0.3 is 5.97 Å². The monoisotopic (exact) mass is 379 g/mol. The van der Waals surface area contributed by atoms with Gasteiger partial charge in [0.25, 0.3) is 0 Å². The quantitative estimate of drug-likeness (QED) is 0.500. The van der Waals surface area contributed by atoms with Crippen LogP contribution in [0.3, 0.4) is 0 Å². The van der Waals surface area contributed by atoms with Gasteiger partial charge < -0.3 is 9.64 Å². The van der Waals surface area contributed by atoms with Crippen molar-refractivity contribution in [2.45, 2.75) is 27.3 Å². The number of hydrogen-bond donors (Lipinski definition) is 0. The lowest BCUT2D eigenvalue weighted by Gasteiger charge is -2.16. The molecule has 0 spiro atoms. The second-order valence-electron chi connectivity index (χ2n) is 7.87. The Morgan fingerprint density at radius 2 is 1.68 bits per heavy atom. The van der Waals surface area contributed by atoms with E-state index in [1.807, 2.05) is 47.0 Å². The summed E-state index contributed by atoms with van der Waals surface area (Å²) < 4.78 is 5.38. The second-order valence-corrected chi connectivity index (χ2v) is 7.87. The first kappa shape index (κ1) is 19.5. The Labute approximate surface area is 164 Å². The zero-order valence-corrected chi connectivity index (χ0v) is 16.9. The fourth-order valence-electron chi connectivity index (χ4n) is 2.42. The Balaban J connectivity index is 1.67. The van der Waals surface area contributed by atoms with Gasteiger partial charge in [-0.2, -0.15) is 4.80 Å². The molecule has 3 aromatic rings. The summed E-state index contributed by atoms with van der Waals surface area (Å²) in [5.41, 5.74) is 2.50. The molecule has 0 atom stereocenters. The molecule has 0 N–H and O–H groups in total. The van der Waals surface area contributed by atoms with Gasteiger partial charge in [-0.1, -0.05) is 12.1 Å². The molecule has 0 aliphatic carbocycles. The zero-order valence-electron chi connectivity index (χ0n) is 16.9. The first-order valence-corrected chi connectivity index (χ1v) is 9.09. The molecular weight excluding hydrogens is 354 g/mol. The summed E-state index contributed by atoms with van der Waals surface area (Å²) >= 11 is 0. The van der Waals surface area contributed by atoms with Crippen molar-refractivity contribution in [3.05, 3.63) is 54.1 Å². The first-order valence-electron chi connectivity index (χ1n) is 9.09. The first-order chi connectivity index (χ1) is 13.2. The van der Waals surface area contributed by atoms with Crippen LogP contribution in [-0.2, 0) is 11.3 Å². The number of ether oxygens (including phenoxy) is 1. The largest absolute Gasteiger partial charge is 0.426 e. The summed E-state index contributed by atoms with van der Waals surface area (Å²) in [6, 6.07) is 15.3. The number of rotatable bonds is 5. The maximum absolute atomic E-state index is 12.0. The predicted octanol–water partition coefficient (Wildman–Crippen LogP) is 3.41. The molecule has 0 amide bonds. The van der Waals surface area contributed by atoms with Crippen molar-refractivity contribution in [3.8, 4) is 17.1 Å². The maximum Gasteiger partial charge on any atom is 0.316 e. The average Bonchev–Trinajstić information content (AvgIpc) is 3.10. The molecule has 0 aliphatic rings. The number of nitrogens with zero attached hydrogens (tertiary/aromatic N) is 5. The normalized spacial score (nSPS) is 11.3. The van der Waals surface area contributed by atoms with Crippen molar-refractivity contribution in [1.82, 2.24) is 20.2 Å². The summed E-state index contributed by atoms with van der Waals surface area (Å²) in [6.07, 6.45) is 0. The highest BCUT2D eigenvalue weighted by atomic mass is 16.5. The van der Waals surface area contributed by atoms with E-state index in [9.17, 15) is 4.79 Å². The second kappa shape index (κ2) is 7.80. The van der Waals surface area contributed by atoms with E-state index in [1.165, 1.54) is 0 Å². The third kappa shape index (κ3) is 4.73. The highest BCUT2D eigenvalue weighted by Crippen LogP contribution is 2.22. The minimum atomic E-state index is -0.548. The summed E-state index contributed by atoms with van der Waals surface area (Å²) in [5, 5.41) is 12.7. The SMILES string of the molecule is CN(C)c1ccc(Cn2nnc(-c3ccc(OC(=O)C(C)(C)C)cc3)n2)cc1. The Kier molecular flexibility index (Phi) is 5.44. The molecule has 28 heavy (non-hydrogen) atoms. The molecule has 1 aromatic heterocycles. The van der Waals surface area contributed by atoms with Crippen LogP contribution in [0.15, 0.2) is 48.5 Å². The molecule has 0 saturated carbocycles. The van der Waals surface area contributed by atoms with E-state index in [-0.39, 0.29) is 5.97 Å². The summed E-state index contributed by atoms with van der Waals surface area (Å²) in [7, 11) is 4.02. The van der Waals surface area contributed by atoms with Gasteiger partial charge in [-0.05, 0) is 67.9 Å². The van der Waals surface area contributed by atoms with Crippen LogP contribution in [0.4, 0.5) is 5.69 Å². The van der Waals surface area contributed by atoms with Gasteiger partial charge in [0.2, 0.25) is 5.82 Å². The molecular formula is C21H25N5O2. The van der Waals surface area contributed by atoms with E-state index in [4.69, 9.17) is 4.74 Å². The van der Waals surface area contributed by atoms with E-state index in [0.29, 0.717) is 18.1 Å². The van der Waals surface area contributed by atoms with Crippen LogP contribution in [-0.4, -0.2) is 40.3 Å².